The molecule has 3 rings (SSSR count). The lowest BCUT2D eigenvalue weighted by Crippen LogP contribution is -2.14. The average Bonchev–Trinajstić information content (AvgIpc) is 3.20. The maximum Gasteiger partial charge on any atom is 0.236 e. The van der Waals surface area contributed by atoms with Crippen LogP contribution in [-0.4, -0.2) is 27.0 Å². The van der Waals surface area contributed by atoms with Gasteiger partial charge in [0.25, 0.3) is 0 Å². The zero-order valence-corrected chi connectivity index (χ0v) is 14.7. The van der Waals surface area contributed by atoms with Gasteiger partial charge in [0.15, 0.2) is 10.2 Å². The molecule has 0 spiro atoms. The van der Waals surface area contributed by atoms with Crippen LogP contribution in [0, 0.1) is 13.8 Å². The number of carbonyl (C=O) groups is 1. The third-order valence-electron chi connectivity index (χ3n) is 3.06. The number of hydrogen-bond donors (Lipinski definition) is 2. The van der Waals surface area contributed by atoms with Gasteiger partial charge in [-0.15, -0.1) is 10.2 Å². The van der Waals surface area contributed by atoms with Crippen LogP contribution in [0.15, 0.2) is 39.4 Å². The van der Waals surface area contributed by atoms with Gasteiger partial charge in [-0.2, -0.15) is 0 Å². The van der Waals surface area contributed by atoms with Crippen molar-refractivity contribution in [2.45, 2.75) is 18.2 Å². The standard InChI is InChI=1S/C15H15N5O2S2/c1-9-3-4-11(10(2)7-9)16-14-18-19-15(24-14)23-8-13(21)17-12-5-6-22-20-12/h3-7H,8H2,1-2H3,(H,16,18)(H,17,20,21). The van der Waals surface area contributed by atoms with Gasteiger partial charge in [0.05, 0.1) is 5.75 Å². The van der Waals surface area contributed by atoms with Crippen molar-refractivity contribution in [3.05, 3.63) is 41.7 Å². The van der Waals surface area contributed by atoms with Crippen LogP contribution in [0.2, 0.25) is 0 Å². The Morgan fingerprint density at radius 3 is 2.92 bits per heavy atom. The topological polar surface area (TPSA) is 92.9 Å². The largest absolute Gasteiger partial charge is 0.363 e. The Bertz CT molecular complexity index is 832. The minimum Gasteiger partial charge on any atom is -0.363 e. The highest BCUT2D eigenvalue weighted by Crippen LogP contribution is 2.29. The fourth-order valence-electron chi connectivity index (χ4n) is 1.97. The average molecular weight is 361 g/mol. The van der Waals surface area contributed by atoms with E-state index in [9.17, 15) is 4.79 Å². The molecule has 2 heterocycles. The van der Waals surface area contributed by atoms with Crippen LogP contribution in [0.5, 0.6) is 0 Å². The molecular formula is C15H15N5O2S2. The number of hydrogen-bond acceptors (Lipinski definition) is 8. The fourth-order valence-corrected chi connectivity index (χ4v) is 3.54. The second-order valence-electron chi connectivity index (χ2n) is 5.04. The number of aromatic nitrogens is 3. The molecule has 0 saturated heterocycles. The molecule has 0 unspecified atom stereocenters. The number of aryl methyl sites for hydroxylation is 2. The predicted molar refractivity (Wildman–Crippen MR) is 95.0 cm³/mol. The Morgan fingerprint density at radius 1 is 1.29 bits per heavy atom. The molecule has 24 heavy (non-hydrogen) atoms. The lowest BCUT2D eigenvalue weighted by molar-refractivity contribution is -0.113. The highest BCUT2D eigenvalue weighted by molar-refractivity contribution is 8.01. The summed E-state index contributed by atoms with van der Waals surface area (Å²) in [7, 11) is 0. The van der Waals surface area contributed by atoms with Crippen molar-refractivity contribution < 1.29 is 9.32 Å². The Labute approximate surface area is 146 Å². The fraction of sp³-hybridized carbons (Fsp3) is 0.200. The van der Waals surface area contributed by atoms with Crippen LogP contribution in [-0.2, 0) is 4.79 Å². The molecule has 0 aliphatic carbocycles. The molecule has 124 valence electrons. The monoisotopic (exact) mass is 361 g/mol. The quantitative estimate of drug-likeness (QED) is 0.648. The molecule has 2 N–H and O–H groups in total. The van der Waals surface area contributed by atoms with Gasteiger partial charge < -0.3 is 15.2 Å². The van der Waals surface area contributed by atoms with Crippen molar-refractivity contribution in [2.24, 2.45) is 0 Å². The van der Waals surface area contributed by atoms with E-state index >= 15 is 0 Å². The second-order valence-corrected chi connectivity index (χ2v) is 7.24. The molecule has 0 aliphatic rings. The van der Waals surface area contributed by atoms with E-state index in [0.717, 1.165) is 15.6 Å². The van der Waals surface area contributed by atoms with Gasteiger partial charge in [0.1, 0.15) is 6.26 Å². The molecule has 7 nitrogen and oxygen atoms in total. The van der Waals surface area contributed by atoms with E-state index in [4.69, 9.17) is 0 Å². The zero-order valence-electron chi connectivity index (χ0n) is 13.1. The number of nitrogens with zero attached hydrogens (tertiary/aromatic N) is 3. The maximum atomic E-state index is 11.8. The van der Waals surface area contributed by atoms with E-state index in [1.807, 2.05) is 19.1 Å². The van der Waals surface area contributed by atoms with Gasteiger partial charge >= 0.3 is 0 Å². The molecule has 1 aromatic carbocycles. The first-order chi connectivity index (χ1) is 11.6. The first kappa shape index (κ1) is 16.5. The summed E-state index contributed by atoms with van der Waals surface area (Å²) in [5, 5.41) is 18.4. The summed E-state index contributed by atoms with van der Waals surface area (Å²) in [6.07, 6.45) is 1.40. The Kier molecular flexibility index (Phi) is 5.11. The molecule has 0 saturated carbocycles. The Hall–Kier alpha value is -2.39. The van der Waals surface area contributed by atoms with E-state index < -0.39 is 0 Å². The van der Waals surface area contributed by atoms with Crippen LogP contribution in [0.1, 0.15) is 11.1 Å². The second kappa shape index (κ2) is 7.45. The van der Waals surface area contributed by atoms with Crippen LogP contribution < -0.4 is 10.6 Å². The summed E-state index contributed by atoms with van der Waals surface area (Å²) in [6, 6.07) is 7.75. The maximum absolute atomic E-state index is 11.8. The number of carbonyl (C=O) groups excluding carboxylic acids is 1. The summed E-state index contributed by atoms with van der Waals surface area (Å²) in [6.45, 7) is 4.10. The van der Waals surface area contributed by atoms with Gasteiger partial charge in [-0.05, 0) is 25.5 Å². The number of thioether (sulfide) groups is 1. The minimum absolute atomic E-state index is 0.173. The van der Waals surface area contributed by atoms with E-state index in [1.165, 1.54) is 34.9 Å². The number of amides is 1. The number of benzene rings is 1. The third kappa shape index (κ3) is 4.33. The van der Waals surface area contributed by atoms with Gasteiger partial charge in [0, 0.05) is 11.8 Å². The summed E-state index contributed by atoms with van der Waals surface area (Å²) in [5.41, 5.74) is 3.35. The highest BCUT2D eigenvalue weighted by atomic mass is 32.2. The SMILES string of the molecule is Cc1ccc(Nc2nnc(SCC(=O)Nc3ccon3)s2)c(C)c1. The van der Waals surface area contributed by atoms with Crippen molar-refractivity contribution in [2.75, 3.05) is 16.4 Å². The molecule has 0 aliphatic heterocycles. The zero-order chi connectivity index (χ0) is 16.9. The summed E-state index contributed by atoms with van der Waals surface area (Å²) in [4.78, 5) is 11.8. The molecule has 9 heteroatoms. The van der Waals surface area contributed by atoms with Gasteiger partial charge in [-0.25, -0.2) is 0 Å². The minimum atomic E-state index is -0.173. The molecule has 0 radical (unpaired) electrons. The van der Waals surface area contributed by atoms with E-state index in [0.29, 0.717) is 10.9 Å². The summed E-state index contributed by atoms with van der Waals surface area (Å²) >= 11 is 2.73. The van der Waals surface area contributed by atoms with E-state index in [2.05, 4.69) is 43.5 Å². The molecular weight excluding hydrogens is 346 g/mol. The summed E-state index contributed by atoms with van der Waals surface area (Å²) in [5.74, 6) is 0.452. The first-order valence-electron chi connectivity index (χ1n) is 7.11. The number of anilines is 3. The molecule has 1 amide bonds. The molecule has 0 bridgehead atoms. The van der Waals surface area contributed by atoms with E-state index in [-0.39, 0.29) is 11.7 Å². The Balaban J connectivity index is 1.54. The third-order valence-corrected chi connectivity index (χ3v) is 5.03. The molecule has 0 atom stereocenters. The number of nitrogens with one attached hydrogen (secondary N) is 2. The van der Waals surface area contributed by atoms with Crippen LogP contribution in [0.3, 0.4) is 0 Å². The molecule has 0 fully saturated rings. The van der Waals surface area contributed by atoms with Crippen LogP contribution in [0.25, 0.3) is 0 Å². The normalized spacial score (nSPS) is 10.6. The van der Waals surface area contributed by atoms with E-state index in [1.54, 1.807) is 6.07 Å². The smallest absolute Gasteiger partial charge is 0.236 e. The van der Waals surface area contributed by atoms with Crippen molar-refractivity contribution in [3.63, 3.8) is 0 Å². The van der Waals surface area contributed by atoms with Crippen molar-refractivity contribution in [1.82, 2.24) is 15.4 Å². The molecule has 3 aromatic rings. The Morgan fingerprint density at radius 2 is 2.17 bits per heavy atom. The van der Waals surface area contributed by atoms with Gasteiger partial charge in [-0.3, -0.25) is 4.79 Å². The van der Waals surface area contributed by atoms with Crippen LogP contribution in [0.4, 0.5) is 16.6 Å². The van der Waals surface area contributed by atoms with Crippen LogP contribution >= 0.6 is 23.1 Å². The lowest BCUT2D eigenvalue weighted by atomic mass is 10.1. The first-order valence-corrected chi connectivity index (χ1v) is 8.91. The van der Waals surface area contributed by atoms with Gasteiger partial charge in [-0.1, -0.05) is 46.0 Å². The molecule has 2 aromatic heterocycles. The summed E-state index contributed by atoms with van der Waals surface area (Å²) < 4.78 is 5.37. The van der Waals surface area contributed by atoms with Crippen molar-refractivity contribution in [1.29, 1.82) is 0 Å². The predicted octanol–water partition coefficient (Wildman–Crippen LogP) is 3.62. The lowest BCUT2D eigenvalue weighted by Gasteiger charge is -2.06. The van der Waals surface area contributed by atoms with Gasteiger partial charge in [0.2, 0.25) is 11.0 Å². The van der Waals surface area contributed by atoms with Crippen molar-refractivity contribution >= 4 is 45.6 Å². The van der Waals surface area contributed by atoms with Crippen molar-refractivity contribution in [3.8, 4) is 0 Å². The number of rotatable bonds is 6. The highest BCUT2D eigenvalue weighted by Gasteiger charge is 2.10.